The van der Waals surface area contributed by atoms with Crippen molar-refractivity contribution in [2.45, 2.75) is 33.6 Å². The molecule has 0 atom stereocenters. The van der Waals surface area contributed by atoms with Crippen molar-refractivity contribution in [2.24, 2.45) is 5.92 Å². The lowest BCUT2D eigenvalue weighted by Gasteiger charge is -2.13. The van der Waals surface area contributed by atoms with Crippen molar-refractivity contribution in [1.82, 2.24) is 4.90 Å². The highest BCUT2D eigenvalue weighted by Gasteiger charge is 1.96. The summed E-state index contributed by atoms with van der Waals surface area (Å²) >= 11 is 0. The van der Waals surface area contributed by atoms with Gasteiger partial charge in [0.25, 0.3) is 0 Å². The lowest BCUT2D eigenvalue weighted by atomic mass is 10.1. The van der Waals surface area contributed by atoms with Gasteiger partial charge < -0.3 is 4.90 Å². The lowest BCUT2D eigenvalue weighted by molar-refractivity contribution is 0.333. The fraction of sp³-hybridized carbons (Fsp3) is 1.00. The van der Waals surface area contributed by atoms with E-state index in [1.54, 1.807) is 0 Å². The lowest BCUT2D eigenvalue weighted by Crippen LogP contribution is -2.18. The Balaban J connectivity index is 3.03. The summed E-state index contributed by atoms with van der Waals surface area (Å²) in [6, 6.07) is 0. The van der Waals surface area contributed by atoms with Gasteiger partial charge in [-0.15, -0.1) is 0 Å². The maximum atomic E-state index is 2.36. The van der Waals surface area contributed by atoms with Crippen molar-refractivity contribution in [3.05, 3.63) is 0 Å². The summed E-state index contributed by atoms with van der Waals surface area (Å²) in [5.74, 6) is 0.866. The zero-order valence-corrected chi connectivity index (χ0v) is 7.85. The van der Waals surface area contributed by atoms with E-state index in [-0.39, 0.29) is 0 Å². The van der Waals surface area contributed by atoms with Gasteiger partial charge in [0.05, 0.1) is 0 Å². The Bertz CT molecular complexity index is 69.1. The topological polar surface area (TPSA) is 3.24 Å². The van der Waals surface area contributed by atoms with Gasteiger partial charge in [-0.3, -0.25) is 0 Å². The van der Waals surface area contributed by atoms with Crippen LogP contribution in [-0.2, 0) is 0 Å². The fourth-order valence-electron chi connectivity index (χ4n) is 0.928. The highest BCUT2D eigenvalue weighted by Crippen LogP contribution is 2.03. The predicted molar refractivity (Wildman–Crippen MR) is 47.2 cm³/mol. The van der Waals surface area contributed by atoms with Crippen LogP contribution >= 0.6 is 0 Å². The molecule has 0 aromatic carbocycles. The third kappa shape index (κ3) is 6.09. The van der Waals surface area contributed by atoms with Crippen molar-refractivity contribution >= 4 is 0 Å². The molecule has 0 saturated carbocycles. The summed E-state index contributed by atoms with van der Waals surface area (Å²) in [6.07, 6.45) is 2.71. The molecule has 62 valence electrons. The summed E-state index contributed by atoms with van der Waals surface area (Å²) in [6.45, 7) is 9.21. The van der Waals surface area contributed by atoms with Gasteiger partial charge in [0.2, 0.25) is 0 Å². The van der Waals surface area contributed by atoms with Gasteiger partial charge in [-0.05, 0) is 38.9 Å². The van der Waals surface area contributed by atoms with Gasteiger partial charge in [0.1, 0.15) is 0 Å². The van der Waals surface area contributed by atoms with E-state index >= 15 is 0 Å². The minimum atomic E-state index is 0.866. The first kappa shape index (κ1) is 9.96. The van der Waals surface area contributed by atoms with Crippen LogP contribution in [0.25, 0.3) is 0 Å². The highest BCUT2D eigenvalue weighted by atomic mass is 15.1. The normalized spacial score (nSPS) is 11.4. The standard InChI is InChI=1S/C9H21N/c1-5-10(4)8-6-7-9(2)3/h9H,5-8H2,1-4H3. The first-order chi connectivity index (χ1) is 4.66. The summed E-state index contributed by atoms with van der Waals surface area (Å²) in [5.41, 5.74) is 0. The minimum absolute atomic E-state index is 0.866. The van der Waals surface area contributed by atoms with E-state index in [9.17, 15) is 0 Å². The van der Waals surface area contributed by atoms with Crippen molar-refractivity contribution in [2.75, 3.05) is 20.1 Å². The molecule has 0 amide bonds. The summed E-state index contributed by atoms with van der Waals surface area (Å²) in [4.78, 5) is 2.36. The number of nitrogens with zero attached hydrogens (tertiary/aromatic N) is 1. The van der Waals surface area contributed by atoms with E-state index in [0.717, 1.165) is 5.92 Å². The largest absolute Gasteiger partial charge is 0.307 e. The Morgan fingerprint density at radius 1 is 1.30 bits per heavy atom. The third-order valence-corrected chi connectivity index (χ3v) is 1.86. The van der Waals surface area contributed by atoms with Gasteiger partial charge in [-0.2, -0.15) is 0 Å². The second-order valence-electron chi connectivity index (χ2n) is 3.43. The summed E-state index contributed by atoms with van der Waals surface area (Å²) in [7, 11) is 2.18. The summed E-state index contributed by atoms with van der Waals surface area (Å²) in [5, 5.41) is 0. The molecule has 0 N–H and O–H groups in total. The Morgan fingerprint density at radius 2 is 1.90 bits per heavy atom. The Hall–Kier alpha value is -0.0400. The van der Waals surface area contributed by atoms with Crippen LogP contribution in [0.2, 0.25) is 0 Å². The average molecular weight is 143 g/mol. The molecule has 0 aromatic rings. The van der Waals surface area contributed by atoms with E-state index in [2.05, 4.69) is 32.7 Å². The first-order valence-corrected chi connectivity index (χ1v) is 4.35. The molecule has 0 aliphatic rings. The van der Waals surface area contributed by atoms with Gasteiger partial charge >= 0.3 is 0 Å². The van der Waals surface area contributed by atoms with Crippen LogP contribution in [0, 0.1) is 5.92 Å². The van der Waals surface area contributed by atoms with Crippen molar-refractivity contribution in [3.8, 4) is 0 Å². The van der Waals surface area contributed by atoms with Gasteiger partial charge in [-0.25, -0.2) is 0 Å². The Morgan fingerprint density at radius 3 is 2.30 bits per heavy atom. The van der Waals surface area contributed by atoms with Crippen LogP contribution in [0.15, 0.2) is 0 Å². The van der Waals surface area contributed by atoms with Crippen LogP contribution < -0.4 is 0 Å². The van der Waals surface area contributed by atoms with Crippen LogP contribution in [0.3, 0.4) is 0 Å². The van der Waals surface area contributed by atoms with Crippen LogP contribution in [0.1, 0.15) is 33.6 Å². The predicted octanol–water partition coefficient (Wildman–Crippen LogP) is 2.37. The maximum absolute atomic E-state index is 2.36. The third-order valence-electron chi connectivity index (χ3n) is 1.86. The molecular weight excluding hydrogens is 122 g/mol. The smallest absolute Gasteiger partial charge is 0.00218 e. The molecule has 10 heavy (non-hydrogen) atoms. The first-order valence-electron chi connectivity index (χ1n) is 4.35. The van der Waals surface area contributed by atoms with Crippen molar-refractivity contribution in [1.29, 1.82) is 0 Å². The van der Waals surface area contributed by atoms with Crippen LogP contribution in [0.4, 0.5) is 0 Å². The molecule has 1 nitrogen and oxygen atoms in total. The van der Waals surface area contributed by atoms with Crippen LogP contribution in [0.5, 0.6) is 0 Å². The number of hydrogen-bond donors (Lipinski definition) is 0. The number of hydrogen-bond acceptors (Lipinski definition) is 1. The quantitative estimate of drug-likeness (QED) is 0.571. The molecule has 0 aliphatic heterocycles. The second-order valence-corrected chi connectivity index (χ2v) is 3.43. The van der Waals surface area contributed by atoms with Gasteiger partial charge in [0.15, 0.2) is 0 Å². The van der Waals surface area contributed by atoms with Crippen LogP contribution in [-0.4, -0.2) is 25.0 Å². The molecule has 0 aromatic heterocycles. The monoisotopic (exact) mass is 143 g/mol. The zero-order valence-electron chi connectivity index (χ0n) is 7.85. The van der Waals surface area contributed by atoms with Crippen molar-refractivity contribution in [3.63, 3.8) is 0 Å². The zero-order chi connectivity index (χ0) is 7.98. The molecule has 0 aliphatic carbocycles. The molecule has 1 heteroatoms. The van der Waals surface area contributed by atoms with Gasteiger partial charge in [-0.1, -0.05) is 20.8 Å². The van der Waals surface area contributed by atoms with E-state index in [1.165, 1.54) is 25.9 Å². The van der Waals surface area contributed by atoms with E-state index in [1.807, 2.05) is 0 Å². The minimum Gasteiger partial charge on any atom is -0.307 e. The molecule has 0 fully saturated rings. The molecule has 0 bridgehead atoms. The Kier molecular flexibility index (Phi) is 5.70. The molecule has 0 rings (SSSR count). The molecule has 0 spiro atoms. The molecular formula is C9H21N. The van der Waals surface area contributed by atoms with E-state index < -0.39 is 0 Å². The second kappa shape index (κ2) is 5.72. The maximum Gasteiger partial charge on any atom is -0.00218 e. The molecule has 0 radical (unpaired) electrons. The SMILES string of the molecule is CCN(C)CCCC(C)C. The molecule has 0 heterocycles. The van der Waals surface area contributed by atoms with E-state index in [4.69, 9.17) is 0 Å². The molecule has 0 saturated heterocycles. The summed E-state index contributed by atoms with van der Waals surface area (Å²) < 4.78 is 0. The van der Waals surface area contributed by atoms with Crippen molar-refractivity contribution < 1.29 is 0 Å². The molecule has 0 unspecified atom stereocenters. The highest BCUT2D eigenvalue weighted by molar-refractivity contribution is 4.50. The average Bonchev–Trinajstić information content (AvgIpc) is 1.87. The van der Waals surface area contributed by atoms with Gasteiger partial charge in [0, 0.05) is 0 Å². The Labute approximate surface area is 65.4 Å². The number of rotatable bonds is 5. The fourth-order valence-corrected chi connectivity index (χ4v) is 0.928. The van der Waals surface area contributed by atoms with E-state index in [0.29, 0.717) is 0 Å².